The van der Waals surface area contributed by atoms with E-state index in [-0.39, 0.29) is 11.7 Å². The van der Waals surface area contributed by atoms with Crippen molar-refractivity contribution < 1.29 is 23.9 Å². The van der Waals surface area contributed by atoms with Crippen LogP contribution in [0, 0.1) is 5.92 Å². The average molecular weight is 445 g/mol. The van der Waals surface area contributed by atoms with Crippen LogP contribution in [0.15, 0.2) is 48.5 Å². The number of carbonyl (C=O) groups is 4. The molecule has 0 bridgehead atoms. The Morgan fingerprint density at radius 3 is 2.26 bits per heavy atom. The van der Waals surface area contributed by atoms with Crippen LogP contribution in [0.25, 0.3) is 0 Å². The van der Waals surface area contributed by atoms with Gasteiger partial charge in [0.05, 0.1) is 5.69 Å². The van der Waals surface area contributed by atoms with Crippen LogP contribution < -0.4 is 10.6 Å². The molecule has 1 atom stereocenters. The molecular weight excluding hydrogens is 420 g/mol. The summed E-state index contributed by atoms with van der Waals surface area (Å²) in [5, 5.41) is 5.70. The van der Waals surface area contributed by atoms with E-state index in [9.17, 15) is 19.2 Å². The lowest BCUT2D eigenvalue weighted by Gasteiger charge is -2.19. The van der Waals surface area contributed by atoms with Gasteiger partial charge in [0.1, 0.15) is 6.04 Å². The van der Waals surface area contributed by atoms with Crippen LogP contribution in [0.3, 0.4) is 0 Å². The fourth-order valence-electron chi connectivity index (χ4n) is 2.85. The number of amides is 2. The van der Waals surface area contributed by atoms with Crippen LogP contribution in [0.5, 0.6) is 0 Å². The fraction of sp³-hybridized carbons (Fsp3) is 0.304. The first-order valence-electron chi connectivity index (χ1n) is 9.80. The van der Waals surface area contributed by atoms with Gasteiger partial charge in [-0.15, -0.1) is 0 Å². The van der Waals surface area contributed by atoms with Crippen molar-refractivity contribution in [2.24, 2.45) is 5.92 Å². The minimum Gasteiger partial charge on any atom is -0.454 e. The normalized spacial score (nSPS) is 11.5. The molecule has 164 valence electrons. The molecule has 0 heterocycles. The third-order valence-corrected chi connectivity index (χ3v) is 4.58. The van der Waals surface area contributed by atoms with Crippen molar-refractivity contribution >= 4 is 40.9 Å². The Morgan fingerprint density at radius 1 is 1.00 bits per heavy atom. The SMILES string of the molecule is CC(=O)c1ccccc1NC(=O)COC(=O)C(CC(C)C)NC(=O)c1ccc(Cl)cc1. The number of para-hydroxylation sites is 1. The molecule has 0 aromatic heterocycles. The zero-order valence-corrected chi connectivity index (χ0v) is 18.4. The summed E-state index contributed by atoms with van der Waals surface area (Å²) in [5.74, 6) is -1.85. The third kappa shape index (κ3) is 7.53. The summed E-state index contributed by atoms with van der Waals surface area (Å²) in [6.07, 6.45) is 0.340. The minimum atomic E-state index is -0.916. The summed E-state index contributed by atoms with van der Waals surface area (Å²) in [6.45, 7) is 4.65. The molecule has 2 N–H and O–H groups in total. The van der Waals surface area contributed by atoms with Gasteiger partial charge in [0, 0.05) is 16.1 Å². The predicted octanol–water partition coefficient (Wildman–Crippen LogP) is 3.87. The van der Waals surface area contributed by atoms with Crippen LogP contribution in [0.4, 0.5) is 5.69 Å². The van der Waals surface area contributed by atoms with Crippen molar-refractivity contribution in [3.63, 3.8) is 0 Å². The van der Waals surface area contributed by atoms with Gasteiger partial charge in [-0.05, 0) is 55.7 Å². The van der Waals surface area contributed by atoms with E-state index in [0.29, 0.717) is 28.3 Å². The van der Waals surface area contributed by atoms with E-state index in [4.69, 9.17) is 16.3 Å². The number of Topliss-reactive ketones (excluding diaryl/α,β-unsaturated/α-hetero) is 1. The summed E-state index contributed by atoms with van der Waals surface area (Å²) < 4.78 is 5.12. The lowest BCUT2D eigenvalue weighted by Crippen LogP contribution is -2.43. The quantitative estimate of drug-likeness (QED) is 0.451. The highest BCUT2D eigenvalue weighted by Crippen LogP contribution is 2.16. The Hall–Kier alpha value is -3.19. The summed E-state index contributed by atoms with van der Waals surface area (Å²) >= 11 is 5.83. The second-order valence-corrected chi connectivity index (χ2v) is 7.86. The number of esters is 1. The van der Waals surface area contributed by atoms with Gasteiger partial charge in [0.25, 0.3) is 11.8 Å². The van der Waals surface area contributed by atoms with Gasteiger partial charge < -0.3 is 15.4 Å². The van der Waals surface area contributed by atoms with Gasteiger partial charge >= 0.3 is 5.97 Å². The van der Waals surface area contributed by atoms with E-state index in [0.717, 1.165) is 0 Å². The molecule has 0 saturated carbocycles. The minimum absolute atomic E-state index is 0.0966. The standard InChI is InChI=1S/C23H25ClN2O5/c1-14(2)12-20(26-22(29)16-8-10-17(24)11-9-16)23(30)31-13-21(28)25-19-7-5-4-6-18(19)15(3)27/h4-11,14,20H,12-13H2,1-3H3,(H,25,28)(H,26,29). The van der Waals surface area contributed by atoms with Crippen LogP contribution in [0.2, 0.25) is 5.02 Å². The molecule has 0 radical (unpaired) electrons. The molecule has 7 nitrogen and oxygen atoms in total. The largest absolute Gasteiger partial charge is 0.454 e. The molecule has 0 saturated heterocycles. The number of anilines is 1. The highest BCUT2D eigenvalue weighted by molar-refractivity contribution is 6.30. The molecule has 2 aromatic rings. The highest BCUT2D eigenvalue weighted by atomic mass is 35.5. The number of hydrogen-bond donors (Lipinski definition) is 2. The summed E-state index contributed by atoms with van der Waals surface area (Å²) in [4.78, 5) is 48.9. The topological polar surface area (TPSA) is 102 Å². The molecule has 0 aliphatic heterocycles. The van der Waals surface area contributed by atoms with Gasteiger partial charge in [-0.2, -0.15) is 0 Å². The molecule has 8 heteroatoms. The monoisotopic (exact) mass is 444 g/mol. The van der Waals surface area contributed by atoms with Crippen molar-refractivity contribution in [2.75, 3.05) is 11.9 Å². The number of ether oxygens (including phenoxy) is 1. The van der Waals surface area contributed by atoms with Crippen molar-refractivity contribution in [3.05, 3.63) is 64.7 Å². The van der Waals surface area contributed by atoms with Gasteiger partial charge in [-0.1, -0.05) is 37.6 Å². The van der Waals surface area contributed by atoms with Gasteiger partial charge in [0.15, 0.2) is 12.4 Å². The molecule has 1 unspecified atom stereocenters. The average Bonchev–Trinajstić information content (AvgIpc) is 2.71. The molecule has 0 aliphatic carbocycles. The number of nitrogens with one attached hydrogen (secondary N) is 2. The van der Waals surface area contributed by atoms with Crippen LogP contribution >= 0.6 is 11.6 Å². The van der Waals surface area contributed by atoms with E-state index in [1.165, 1.54) is 6.92 Å². The maximum atomic E-state index is 12.5. The first-order valence-corrected chi connectivity index (χ1v) is 10.2. The van der Waals surface area contributed by atoms with E-state index < -0.39 is 30.4 Å². The number of hydrogen-bond acceptors (Lipinski definition) is 5. The zero-order chi connectivity index (χ0) is 23.0. The van der Waals surface area contributed by atoms with Crippen molar-refractivity contribution in [2.45, 2.75) is 33.2 Å². The Kier molecular flexibility index (Phi) is 8.75. The Morgan fingerprint density at radius 2 is 1.65 bits per heavy atom. The van der Waals surface area contributed by atoms with Crippen molar-refractivity contribution in [3.8, 4) is 0 Å². The lowest BCUT2D eigenvalue weighted by atomic mass is 10.0. The molecule has 0 spiro atoms. The maximum absolute atomic E-state index is 12.5. The van der Waals surface area contributed by atoms with E-state index in [2.05, 4.69) is 10.6 Å². The first kappa shape index (κ1) is 24.1. The Bertz CT molecular complexity index is 957. The van der Waals surface area contributed by atoms with E-state index in [1.54, 1.807) is 48.5 Å². The zero-order valence-electron chi connectivity index (χ0n) is 17.6. The van der Waals surface area contributed by atoms with Gasteiger partial charge in [-0.3, -0.25) is 14.4 Å². The van der Waals surface area contributed by atoms with E-state index >= 15 is 0 Å². The Labute approximate surface area is 186 Å². The number of carbonyl (C=O) groups excluding carboxylic acids is 4. The molecule has 2 aromatic carbocycles. The van der Waals surface area contributed by atoms with Crippen LogP contribution in [0.1, 0.15) is 47.9 Å². The van der Waals surface area contributed by atoms with Crippen molar-refractivity contribution in [1.82, 2.24) is 5.32 Å². The lowest BCUT2D eigenvalue weighted by molar-refractivity contribution is -0.149. The number of ketones is 1. The maximum Gasteiger partial charge on any atom is 0.329 e. The number of halogens is 1. The fourth-order valence-corrected chi connectivity index (χ4v) is 2.98. The molecule has 0 aliphatic rings. The van der Waals surface area contributed by atoms with Crippen molar-refractivity contribution in [1.29, 1.82) is 0 Å². The molecule has 2 rings (SSSR count). The molecule has 31 heavy (non-hydrogen) atoms. The van der Waals surface area contributed by atoms with Gasteiger partial charge in [-0.25, -0.2) is 4.79 Å². The highest BCUT2D eigenvalue weighted by Gasteiger charge is 2.25. The molecule has 0 fully saturated rings. The smallest absolute Gasteiger partial charge is 0.329 e. The van der Waals surface area contributed by atoms with E-state index in [1.807, 2.05) is 13.8 Å². The summed E-state index contributed by atoms with van der Waals surface area (Å²) in [5.41, 5.74) is 1.05. The van der Waals surface area contributed by atoms with Gasteiger partial charge in [0.2, 0.25) is 0 Å². The molecule has 2 amide bonds. The predicted molar refractivity (Wildman–Crippen MR) is 118 cm³/mol. The second kappa shape index (κ2) is 11.3. The molecular formula is C23H25ClN2O5. The number of benzene rings is 2. The van der Waals surface area contributed by atoms with Crippen LogP contribution in [-0.4, -0.2) is 36.2 Å². The number of rotatable bonds is 9. The first-order chi connectivity index (χ1) is 14.7. The summed E-state index contributed by atoms with van der Waals surface area (Å²) in [6, 6.07) is 11.9. The Balaban J connectivity index is 1.98. The second-order valence-electron chi connectivity index (χ2n) is 7.42. The third-order valence-electron chi connectivity index (χ3n) is 4.33. The van der Waals surface area contributed by atoms with Crippen LogP contribution in [-0.2, 0) is 14.3 Å². The summed E-state index contributed by atoms with van der Waals surface area (Å²) in [7, 11) is 0.